The van der Waals surface area contributed by atoms with Gasteiger partial charge in [0.2, 0.25) is 0 Å². The van der Waals surface area contributed by atoms with E-state index >= 15 is 0 Å². The van der Waals surface area contributed by atoms with Crippen LogP contribution in [0.25, 0.3) is 0 Å². The molecule has 0 aliphatic carbocycles. The van der Waals surface area contributed by atoms with Gasteiger partial charge in [0.1, 0.15) is 6.10 Å². The highest BCUT2D eigenvalue weighted by Gasteiger charge is 2.25. The Morgan fingerprint density at radius 1 is 1.50 bits per heavy atom. The summed E-state index contributed by atoms with van der Waals surface area (Å²) in [7, 11) is 1.56. The zero-order valence-electron chi connectivity index (χ0n) is 10.1. The summed E-state index contributed by atoms with van der Waals surface area (Å²) in [5.74, 6) is 0.0692. The first-order valence-electron chi connectivity index (χ1n) is 5.82. The molecule has 1 aliphatic heterocycles. The van der Waals surface area contributed by atoms with Crippen LogP contribution in [0.1, 0.15) is 19.8 Å². The number of rotatable bonds is 5. The van der Waals surface area contributed by atoms with Gasteiger partial charge in [0.25, 0.3) is 5.91 Å². The highest BCUT2D eigenvalue weighted by molar-refractivity contribution is 5.80. The smallest absolute Gasteiger partial charge is 0.251 e. The van der Waals surface area contributed by atoms with Gasteiger partial charge in [-0.05, 0) is 19.8 Å². The van der Waals surface area contributed by atoms with Crippen LogP contribution in [-0.4, -0.2) is 56.4 Å². The first kappa shape index (κ1) is 13.4. The molecule has 16 heavy (non-hydrogen) atoms. The Bertz CT molecular complexity index is 215. The summed E-state index contributed by atoms with van der Waals surface area (Å²) in [6.07, 6.45) is 1.69. The van der Waals surface area contributed by atoms with Gasteiger partial charge in [-0.1, -0.05) is 0 Å². The number of hydrogen-bond acceptors (Lipinski definition) is 4. The average molecular weight is 230 g/mol. The van der Waals surface area contributed by atoms with Crippen LogP contribution in [0.15, 0.2) is 0 Å². The second-order valence-corrected chi connectivity index (χ2v) is 4.06. The molecule has 5 nitrogen and oxygen atoms in total. The van der Waals surface area contributed by atoms with Crippen LogP contribution < -0.4 is 5.73 Å². The molecule has 0 radical (unpaired) electrons. The molecule has 94 valence electrons. The lowest BCUT2D eigenvalue weighted by molar-refractivity contribution is -0.143. The quantitative estimate of drug-likeness (QED) is 0.721. The molecule has 0 spiro atoms. The van der Waals surface area contributed by atoms with Crippen molar-refractivity contribution in [2.75, 3.05) is 33.4 Å². The lowest BCUT2D eigenvalue weighted by Gasteiger charge is -2.33. The van der Waals surface area contributed by atoms with Crippen LogP contribution in [0.4, 0.5) is 0 Å². The van der Waals surface area contributed by atoms with Gasteiger partial charge in [0.05, 0.1) is 12.7 Å². The number of ether oxygens (including phenoxy) is 2. The molecule has 0 saturated carbocycles. The van der Waals surface area contributed by atoms with E-state index in [-0.39, 0.29) is 18.1 Å². The van der Waals surface area contributed by atoms with Gasteiger partial charge in [0.15, 0.2) is 0 Å². The zero-order valence-corrected chi connectivity index (χ0v) is 10.1. The second kappa shape index (κ2) is 6.83. The molecule has 5 heteroatoms. The van der Waals surface area contributed by atoms with Crippen LogP contribution in [0.3, 0.4) is 0 Å². The molecule has 1 rings (SSSR count). The van der Waals surface area contributed by atoms with E-state index in [4.69, 9.17) is 15.2 Å². The number of nitrogens with two attached hydrogens (primary N) is 1. The van der Waals surface area contributed by atoms with Gasteiger partial charge in [-0.2, -0.15) is 0 Å². The predicted molar refractivity (Wildman–Crippen MR) is 61.1 cm³/mol. The van der Waals surface area contributed by atoms with Crippen molar-refractivity contribution in [3.05, 3.63) is 0 Å². The summed E-state index contributed by atoms with van der Waals surface area (Å²) in [6.45, 7) is 4.44. The summed E-state index contributed by atoms with van der Waals surface area (Å²) < 4.78 is 10.6. The lowest BCUT2D eigenvalue weighted by Crippen LogP contribution is -2.45. The number of nitrogens with zero attached hydrogens (tertiary/aromatic N) is 1. The Hall–Kier alpha value is -0.650. The van der Waals surface area contributed by atoms with Crippen LogP contribution in [0.5, 0.6) is 0 Å². The number of hydrogen-bond donors (Lipinski definition) is 1. The molecule has 0 aromatic heterocycles. The minimum atomic E-state index is -0.346. The maximum Gasteiger partial charge on any atom is 0.251 e. The number of carbonyl (C=O) groups is 1. The maximum atomic E-state index is 11.8. The van der Waals surface area contributed by atoms with Crippen LogP contribution >= 0.6 is 0 Å². The Morgan fingerprint density at radius 3 is 2.62 bits per heavy atom. The zero-order chi connectivity index (χ0) is 12.0. The number of amides is 1. The number of likely N-dealkylation sites (tertiary alicyclic amines) is 1. The summed E-state index contributed by atoms with van der Waals surface area (Å²) in [5, 5.41) is 0. The third-order valence-corrected chi connectivity index (χ3v) is 2.93. The molecule has 0 aromatic rings. The van der Waals surface area contributed by atoms with Crippen molar-refractivity contribution in [3.63, 3.8) is 0 Å². The first-order valence-corrected chi connectivity index (χ1v) is 5.82. The van der Waals surface area contributed by atoms with Crippen molar-refractivity contribution in [1.82, 2.24) is 4.90 Å². The van der Waals surface area contributed by atoms with Crippen molar-refractivity contribution in [2.24, 2.45) is 5.73 Å². The van der Waals surface area contributed by atoms with Gasteiger partial charge < -0.3 is 20.1 Å². The fraction of sp³-hybridized carbons (Fsp3) is 0.909. The van der Waals surface area contributed by atoms with E-state index in [0.717, 1.165) is 25.9 Å². The second-order valence-electron chi connectivity index (χ2n) is 4.06. The van der Waals surface area contributed by atoms with E-state index in [9.17, 15) is 4.79 Å². The van der Waals surface area contributed by atoms with E-state index in [2.05, 4.69) is 0 Å². The van der Waals surface area contributed by atoms with E-state index in [0.29, 0.717) is 13.2 Å². The number of piperidine rings is 1. The lowest BCUT2D eigenvalue weighted by atomic mass is 10.1. The van der Waals surface area contributed by atoms with Crippen molar-refractivity contribution in [3.8, 4) is 0 Å². The van der Waals surface area contributed by atoms with Gasteiger partial charge in [-0.15, -0.1) is 0 Å². The van der Waals surface area contributed by atoms with Crippen LogP contribution in [0.2, 0.25) is 0 Å². The van der Waals surface area contributed by atoms with Crippen molar-refractivity contribution >= 4 is 5.91 Å². The molecular weight excluding hydrogens is 208 g/mol. The maximum absolute atomic E-state index is 11.8. The average Bonchev–Trinajstić information content (AvgIpc) is 2.35. The summed E-state index contributed by atoms with van der Waals surface area (Å²) >= 11 is 0. The molecule has 1 amide bonds. The van der Waals surface area contributed by atoms with Crippen molar-refractivity contribution < 1.29 is 14.3 Å². The highest BCUT2D eigenvalue weighted by Crippen LogP contribution is 2.14. The van der Waals surface area contributed by atoms with Crippen LogP contribution in [0, 0.1) is 0 Å². The Kier molecular flexibility index (Phi) is 5.73. The molecule has 0 bridgehead atoms. The van der Waals surface area contributed by atoms with Gasteiger partial charge in [-0.25, -0.2) is 0 Å². The first-order chi connectivity index (χ1) is 7.69. The normalized spacial score (nSPS) is 19.8. The number of carbonyl (C=O) groups excluding carboxylic acids is 1. The molecule has 2 N–H and O–H groups in total. The largest absolute Gasteiger partial charge is 0.377 e. The van der Waals surface area contributed by atoms with Gasteiger partial charge in [0, 0.05) is 26.7 Å². The third-order valence-electron chi connectivity index (χ3n) is 2.93. The predicted octanol–water partition coefficient (Wildman–Crippen LogP) is -0.0124. The standard InChI is InChI=1S/C11H22N2O3/c1-9(15-2)11(14)13-6-3-10(4-7-13)16-8-5-12/h9-10H,3-8,12H2,1-2H3. The Morgan fingerprint density at radius 2 is 2.12 bits per heavy atom. The fourth-order valence-electron chi connectivity index (χ4n) is 1.84. The molecule has 1 heterocycles. The molecule has 1 unspecified atom stereocenters. The number of methoxy groups -OCH3 is 1. The molecule has 0 aromatic carbocycles. The minimum absolute atomic E-state index is 0.0692. The van der Waals surface area contributed by atoms with Crippen LogP contribution in [-0.2, 0) is 14.3 Å². The van der Waals surface area contributed by atoms with Crippen molar-refractivity contribution in [1.29, 1.82) is 0 Å². The molecule has 1 aliphatic rings. The molecule has 1 saturated heterocycles. The minimum Gasteiger partial charge on any atom is -0.377 e. The highest BCUT2D eigenvalue weighted by atomic mass is 16.5. The molecule has 1 atom stereocenters. The summed E-state index contributed by atoms with van der Waals surface area (Å²) in [4.78, 5) is 13.6. The van der Waals surface area contributed by atoms with Gasteiger partial charge >= 0.3 is 0 Å². The molecule has 1 fully saturated rings. The van der Waals surface area contributed by atoms with E-state index in [1.165, 1.54) is 0 Å². The summed E-state index contributed by atoms with van der Waals surface area (Å²) in [5.41, 5.74) is 5.37. The van der Waals surface area contributed by atoms with E-state index in [1.807, 2.05) is 4.90 Å². The SMILES string of the molecule is COC(C)C(=O)N1CCC(OCCN)CC1. The van der Waals surface area contributed by atoms with Gasteiger partial charge in [-0.3, -0.25) is 4.79 Å². The molecular formula is C11H22N2O3. The Labute approximate surface area is 96.9 Å². The van der Waals surface area contributed by atoms with E-state index < -0.39 is 0 Å². The third kappa shape index (κ3) is 3.73. The fourth-order valence-corrected chi connectivity index (χ4v) is 1.84. The van der Waals surface area contributed by atoms with Crippen molar-refractivity contribution in [2.45, 2.75) is 32.0 Å². The van der Waals surface area contributed by atoms with E-state index in [1.54, 1.807) is 14.0 Å². The Balaban J connectivity index is 2.28. The monoisotopic (exact) mass is 230 g/mol. The topological polar surface area (TPSA) is 64.8 Å². The summed E-state index contributed by atoms with van der Waals surface area (Å²) in [6, 6.07) is 0.